The highest BCUT2D eigenvalue weighted by Gasteiger charge is 2.01. The van der Waals surface area contributed by atoms with Crippen LogP contribution in [-0.4, -0.2) is 21.7 Å². The van der Waals surface area contributed by atoms with Gasteiger partial charge in [0.15, 0.2) is 0 Å². The van der Waals surface area contributed by atoms with Crippen LogP contribution in [0.25, 0.3) is 0 Å². The molecule has 0 aliphatic carbocycles. The van der Waals surface area contributed by atoms with Gasteiger partial charge < -0.3 is 9.73 Å². The molecule has 2 rings (SSSR count). The monoisotopic (exact) mass is 206 g/mol. The summed E-state index contributed by atoms with van der Waals surface area (Å²) >= 11 is 0. The first kappa shape index (κ1) is 9.92. The van der Waals surface area contributed by atoms with E-state index in [1.165, 1.54) is 11.9 Å². The average Bonchev–Trinajstić information content (AvgIpc) is 2.85. The van der Waals surface area contributed by atoms with Crippen molar-refractivity contribution in [3.8, 4) is 0 Å². The molecule has 0 atom stereocenters. The van der Waals surface area contributed by atoms with Crippen LogP contribution in [0.5, 0.6) is 0 Å². The van der Waals surface area contributed by atoms with Gasteiger partial charge in [0.05, 0.1) is 12.8 Å². The van der Waals surface area contributed by atoms with E-state index in [1.807, 2.05) is 13.0 Å². The van der Waals surface area contributed by atoms with Crippen molar-refractivity contribution in [1.82, 2.24) is 20.5 Å². The Morgan fingerprint density at radius 3 is 3.13 bits per heavy atom. The van der Waals surface area contributed by atoms with E-state index in [1.54, 1.807) is 6.26 Å². The molecule has 0 saturated heterocycles. The molecular formula is C10H14N4O. The topological polar surface area (TPSA) is 66.7 Å². The quantitative estimate of drug-likeness (QED) is 0.717. The zero-order chi connectivity index (χ0) is 10.5. The van der Waals surface area contributed by atoms with E-state index < -0.39 is 0 Å². The van der Waals surface area contributed by atoms with Crippen molar-refractivity contribution in [3.05, 3.63) is 35.8 Å². The molecule has 0 unspecified atom stereocenters. The summed E-state index contributed by atoms with van der Waals surface area (Å²) < 4.78 is 5.30. The number of aryl methyl sites for hydroxylation is 1. The van der Waals surface area contributed by atoms with E-state index in [-0.39, 0.29) is 0 Å². The molecule has 0 amide bonds. The van der Waals surface area contributed by atoms with Crippen molar-refractivity contribution in [2.45, 2.75) is 19.9 Å². The molecule has 0 aromatic carbocycles. The van der Waals surface area contributed by atoms with Gasteiger partial charge in [-0.25, -0.2) is 4.98 Å². The fourth-order valence-electron chi connectivity index (χ4n) is 1.35. The van der Waals surface area contributed by atoms with Crippen molar-refractivity contribution in [3.63, 3.8) is 0 Å². The van der Waals surface area contributed by atoms with Gasteiger partial charge in [-0.1, -0.05) is 0 Å². The Kier molecular flexibility index (Phi) is 3.14. The maximum atomic E-state index is 5.30. The van der Waals surface area contributed by atoms with Crippen LogP contribution < -0.4 is 5.32 Å². The van der Waals surface area contributed by atoms with Crippen LogP contribution in [0.4, 0.5) is 0 Å². The van der Waals surface area contributed by atoms with Crippen LogP contribution in [0.1, 0.15) is 17.1 Å². The van der Waals surface area contributed by atoms with Crippen LogP contribution in [0, 0.1) is 6.92 Å². The number of H-pyrrole nitrogens is 1. The molecule has 0 fully saturated rings. The first-order valence-electron chi connectivity index (χ1n) is 4.94. The largest absolute Gasteiger partial charge is 0.468 e. The third-order valence-electron chi connectivity index (χ3n) is 2.26. The maximum absolute atomic E-state index is 5.30. The number of nitrogens with one attached hydrogen (secondary N) is 2. The summed E-state index contributed by atoms with van der Waals surface area (Å²) in [6.45, 7) is 3.65. The Bertz CT molecular complexity index is 393. The van der Waals surface area contributed by atoms with Crippen LogP contribution in [-0.2, 0) is 13.0 Å². The van der Waals surface area contributed by atoms with Crippen molar-refractivity contribution >= 4 is 0 Å². The number of hydrogen-bond acceptors (Lipinski definition) is 4. The summed E-state index contributed by atoms with van der Waals surface area (Å²) in [6, 6.07) is 1.97. The van der Waals surface area contributed by atoms with E-state index in [9.17, 15) is 0 Å². The summed E-state index contributed by atoms with van der Waals surface area (Å²) in [7, 11) is 0. The Morgan fingerprint density at radius 2 is 2.47 bits per heavy atom. The van der Waals surface area contributed by atoms with Gasteiger partial charge in [-0.05, 0) is 18.6 Å². The lowest BCUT2D eigenvalue weighted by Crippen LogP contribution is -2.17. The zero-order valence-electron chi connectivity index (χ0n) is 8.66. The number of aromatic amines is 1. The van der Waals surface area contributed by atoms with Gasteiger partial charge in [-0.15, -0.1) is 0 Å². The number of nitrogens with zero attached hydrogens (tertiary/aromatic N) is 2. The van der Waals surface area contributed by atoms with Crippen LogP contribution in [0.15, 0.2) is 23.1 Å². The molecule has 80 valence electrons. The van der Waals surface area contributed by atoms with Crippen molar-refractivity contribution in [2.24, 2.45) is 0 Å². The summed E-state index contributed by atoms with van der Waals surface area (Å²) in [5.74, 6) is 1.89. The van der Waals surface area contributed by atoms with Gasteiger partial charge in [-0.3, -0.25) is 5.10 Å². The van der Waals surface area contributed by atoms with Crippen molar-refractivity contribution < 1.29 is 4.42 Å². The lowest BCUT2D eigenvalue weighted by atomic mass is 10.3. The first-order chi connectivity index (χ1) is 7.36. The van der Waals surface area contributed by atoms with Crippen LogP contribution in [0.3, 0.4) is 0 Å². The minimum Gasteiger partial charge on any atom is -0.468 e. The molecule has 0 aliphatic heterocycles. The Balaban J connectivity index is 1.70. The Morgan fingerprint density at radius 1 is 1.53 bits per heavy atom. The summed E-state index contributed by atoms with van der Waals surface area (Å²) in [5, 5.41) is 9.89. The summed E-state index contributed by atoms with van der Waals surface area (Å²) in [4.78, 5) is 4.04. The van der Waals surface area contributed by atoms with Crippen LogP contribution >= 0.6 is 0 Å². The maximum Gasteiger partial charge on any atom is 0.137 e. The highest BCUT2D eigenvalue weighted by molar-refractivity contribution is 5.14. The SMILES string of the molecule is Cc1ccoc1CNCCc1ncn[nH]1. The minimum atomic E-state index is 0.757. The Labute approximate surface area is 87.9 Å². The minimum absolute atomic E-state index is 0.757. The van der Waals surface area contributed by atoms with E-state index in [2.05, 4.69) is 20.5 Å². The molecule has 0 radical (unpaired) electrons. The number of aromatic nitrogens is 3. The van der Waals surface area contributed by atoms with Crippen LogP contribution in [0.2, 0.25) is 0 Å². The highest BCUT2D eigenvalue weighted by Crippen LogP contribution is 2.07. The molecule has 2 aromatic rings. The Hall–Kier alpha value is -1.62. The summed E-state index contributed by atoms with van der Waals surface area (Å²) in [6.07, 6.45) is 4.08. The van der Waals surface area contributed by atoms with E-state index in [0.29, 0.717) is 0 Å². The molecule has 0 spiro atoms. The normalized spacial score (nSPS) is 10.7. The molecule has 15 heavy (non-hydrogen) atoms. The number of rotatable bonds is 5. The van der Waals surface area contributed by atoms with Crippen molar-refractivity contribution in [1.29, 1.82) is 0 Å². The third kappa shape index (κ3) is 2.66. The molecule has 5 heteroatoms. The van der Waals surface area contributed by atoms with Gasteiger partial charge in [-0.2, -0.15) is 5.10 Å². The third-order valence-corrected chi connectivity index (χ3v) is 2.26. The second-order valence-electron chi connectivity index (χ2n) is 3.39. The lowest BCUT2D eigenvalue weighted by molar-refractivity contribution is 0.480. The fraction of sp³-hybridized carbons (Fsp3) is 0.400. The van der Waals surface area contributed by atoms with Gasteiger partial charge in [0.1, 0.15) is 17.9 Å². The molecule has 0 bridgehead atoms. The zero-order valence-corrected chi connectivity index (χ0v) is 8.66. The van der Waals surface area contributed by atoms with E-state index in [0.717, 1.165) is 31.1 Å². The average molecular weight is 206 g/mol. The second-order valence-corrected chi connectivity index (χ2v) is 3.39. The molecule has 0 aliphatic rings. The first-order valence-corrected chi connectivity index (χ1v) is 4.94. The van der Waals surface area contributed by atoms with Gasteiger partial charge in [0, 0.05) is 13.0 Å². The molecule has 2 N–H and O–H groups in total. The van der Waals surface area contributed by atoms with Crippen molar-refractivity contribution in [2.75, 3.05) is 6.54 Å². The molecule has 2 heterocycles. The predicted molar refractivity (Wildman–Crippen MR) is 55.2 cm³/mol. The summed E-state index contributed by atoms with van der Waals surface area (Å²) in [5.41, 5.74) is 1.18. The van der Waals surface area contributed by atoms with Gasteiger partial charge in [0.25, 0.3) is 0 Å². The predicted octanol–water partition coefficient (Wildman–Crippen LogP) is 1.04. The molecule has 0 saturated carbocycles. The second kappa shape index (κ2) is 4.75. The van der Waals surface area contributed by atoms with E-state index >= 15 is 0 Å². The molecular weight excluding hydrogens is 192 g/mol. The molecule has 2 aromatic heterocycles. The smallest absolute Gasteiger partial charge is 0.137 e. The lowest BCUT2D eigenvalue weighted by Gasteiger charge is -2.01. The van der Waals surface area contributed by atoms with Gasteiger partial charge >= 0.3 is 0 Å². The molecule has 5 nitrogen and oxygen atoms in total. The standard InChI is InChI=1S/C10H14N4O/c1-8-3-5-15-9(8)6-11-4-2-10-12-7-13-14-10/h3,5,7,11H,2,4,6H2,1H3,(H,12,13,14). The van der Waals surface area contributed by atoms with Gasteiger partial charge in [0.2, 0.25) is 0 Å². The number of hydrogen-bond donors (Lipinski definition) is 2. The fourth-order valence-corrected chi connectivity index (χ4v) is 1.35. The number of furan rings is 1. The van der Waals surface area contributed by atoms with E-state index in [4.69, 9.17) is 4.42 Å². The highest BCUT2D eigenvalue weighted by atomic mass is 16.3.